The summed E-state index contributed by atoms with van der Waals surface area (Å²) in [5.74, 6) is -0.0614. The lowest BCUT2D eigenvalue weighted by atomic mass is 9.97. The molecule has 0 spiro atoms. The predicted molar refractivity (Wildman–Crippen MR) is 103 cm³/mol. The van der Waals surface area contributed by atoms with E-state index in [1.54, 1.807) is 0 Å². The molecule has 1 aliphatic heterocycles. The first-order valence-electron chi connectivity index (χ1n) is 9.96. The summed E-state index contributed by atoms with van der Waals surface area (Å²) in [6, 6.07) is 4.53. The summed E-state index contributed by atoms with van der Waals surface area (Å²) in [5.41, 5.74) is 3.16. The van der Waals surface area contributed by atoms with Crippen molar-refractivity contribution in [3.05, 3.63) is 35.7 Å². The molecule has 1 N–H and O–H groups in total. The van der Waals surface area contributed by atoms with Crippen molar-refractivity contribution in [1.29, 1.82) is 0 Å². The highest BCUT2D eigenvalue weighted by Gasteiger charge is 2.21. The first kappa shape index (κ1) is 18.0. The Balaban J connectivity index is 1.52. The molecule has 3 rings (SSSR count). The van der Waals surface area contributed by atoms with E-state index in [1.165, 1.54) is 50.5 Å². The van der Waals surface area contributed by atoms with Crippen LogP contribution in [0.3, 0.4) is 0 Å². The molecule has 1 unspecified atom stereocenters. The molecule has 1 aromatic heterocycles. The summed E-state index contributed by atoms with van der Waals surface area (Å²) in [7, 11) is 0. The third kappa shape index (κ3) is 4.83. The van der Waals surface area contributed by atoms with Crippen molar-refractivity contribution in [3.8, 4) is 0 Å². The molecule has 136 valence electrons. The maximum atomic E-state index is 12.3. The van der Waals surface area contributed by atoms with Crippen LogP contribution < -0.4 is 10.2 Å². The van der Waals surface area contributed by atoms with E-state index in [2.05, 4.69) is 34.3 Å². The number of nitrogens with zero attached hydrogens (tertiary/aromatic N) is 2. The molecule has 0 bridgehead atoms. The number of piperidine rings is 1. The van der Waals surface area contributed by atoms with E-state index < -0.39 is 0 Å². The molecule has 1 atom stereocenters. The number of carbonyl (C=O) groups is 1. The number of allylic oxidation sites excluding steroid dienone is 1. The number of nitrogens with one attached hydrogen (secondary N) is 1. The largest absolute Gasteiger partial charge is 0.367 e. The molecule has 0 aromatic carbocycles. The average Bonchev–Trinajstić information content (AvgIpc) is 2.69. The molecule has 1 fully saturated rings. The Hall–Kier alpha value is -1.84. The van der Waals surface area contributed by atoms with Crippen molar-refractivity contribution in [1.82, 2.24) is 10.3 Å². The number of carbonyl (C=O) groups excluding carboxylic acids is 1. The maximum Gasteiger partial charge on any atom is 0.269 e. The third-order valence-electron chi connectivity index (χ3n) is 5.53. The second-order valence-corrected chi connectivity index (χ2v) is 7.27. The molecule has 4 nitrogen and oxygen atoms in total. The fourth-order valence-corrected chi connectivity index (χ4v) is 4.01. The summed E-state index contributed by atoms with van der Waals surface area (Å²) in [4.78, 5) is 19.2. The van der Waals surface area contributed by atoms with Gasteiger partial charge in [-0.05, 0) is 69.9 Å². The Labute approximate surface area is 151 Å². The zero-order valence-corrected chi connectivity index (χ0v) is 15.5. The summed E-state index contributed by atoms with van der Waals surface area (Å²) in [6.07, 6.45) is 15.1. The van der Waals surface area contributed by atoms with Crippen LogP contribution in [0.1, 0.15) is 75.2 Å². The van der Waals surface area contributed by atoms with Crippen LogP contribution in [0, 0.1) is 0 Å². The molecule has 25 heavy (non-hydrogen) atoms. The third-order valence-corrected chi connectivity index (χ3v) is 5.53. The number of rotatable bonds is 6. The smallest absolute Gasteiger partial charge is 0.269 e. The number of amides is 1. The molecule has 0 saturated carbocycles. The zero-order chi connectivity index (χ0) is 17.5. The molecule has 1 amide bonds. The Morgan fingerprint density at radius 2 is 2.20 bits per heavy atom. The number of aromatic nitrogens is 1. The van der Waals surface area contributed by atoms with Gasteiger partial charge in [-0.2, -0.15) is 0 Å². The first-order valence-corrected chi connectivity index (χ1v) is 9.96. The lowest BCUT2D eigenvalue weighted by Crippen LogP contribution is -2.39. The second kappa shape index (κ2) is 9.02. The van der Waals surface area contributed by atoms with Crippen LogP contribution in [-0.4, -0.2) is 30.0 Å². The quantitative estimate of drug-likeness (QED) is 0.776. The second-order valence-electron chi connectivity index (χ2n) is 7.27. The van der Waals surface area contributed by atoms with Gasteiger partial charge in [0.2, 0.25) is 0 Å². The van der Waals surface area contributed by atoms with Crippen LogP contribution in [0.5, 0.6) is 0 Å². The van der Waals surface area contributed by atoms with E-state index in [0.717, 1.165) is 25.1 Å². The van der Waals surface area contributed by atoms with E-state index in [4.69, 9.17) is 0 Å². The molecule has 4 heteroatoms. The average molecular weight is 341 g/mol. The normalized spacial score (nSPS) is 20.9. The number of hydrogen-bond donors (Lipinski definition) is 1. The van der Waals surface area contributed by atoms with E-state index in [-0.39, 0.29) is 5.91 Å². The van der Waals surface area contributed by atoms with Gasteiger partial charge in [-0.25, -0.2) is 4.98 Å². The molecule has 1 aliphatic carbocycles. The zero-order valence-electron chi connectivity index (χ0n) is 15.5. The van der Waals surface area contributed by atoms with Gasteiger partial charge in [-0.15, -0.1) is 0 Å². The van der Waals surface area contributed by atoms with Gasteiger partial charge < -0.3 is 10.2 Å². The molecule has 0 radical (unpaired) electrons. The van der Waals surface area contributed by atoms with Crippen molar-refractivity contribution < 1.29 is 4.79 Å². The van der Waals surface area contributed by atoms with Crippen LogP contribution in [0.2, 0.25) is 0 Å². The SMILES string of the molecule is CCC1CCCCN1c1ccc(C(=O)NCCC2=CCCCC2)nc1. The Morgan fingerprint density at radius 1 is 1.28 bits per heavy atom. The predicted octanol–water partition coefficient (Wildman–Crippen LogP) is 4.47. The molecule has 2 heterocycles. The molecular formula is C21H31N3O. The first-order chi connectivity index (χ1) is 12.3. The van der Waals surface area contributed by atoms with Gasteiger partial charge in [0.25, 0.3) is 5.91 Å². The lowest BCUT2D eigenvalue weighted by Gasteiger charge is -2.37. The van der Waals surface area contributed by atoms with Gasteiger partial charge in [-0.3, -0.25) is 4.79 Å². The van der Waals surface area contributed by atoms with Crippen molar-refractivity contribution in [2.75, 3.05) is 18.0 Å². The van der Waals surface area contributed by atoms with E-state index in [9.17, 15) is 4.79 Å². The molecule has 1 aromatic rings. The standard InChI is InChI=1S/C21H31N3O/c1-2-18-10-6-7-15-24(18)19-11-12-20(23-16-19)21(25)22-14-13-17-8-4-3-5-9-17/h8,11-12,16,18H,2-7,9-10,13-15H2,1H3,(H,22,25). The van der Waals surface area contributed by atoms with Crippen molar-refractivity contribution in [3.63, 3.8) is 0 Å². The van der Waals surface area contributed by atoms with E-state index in [0.29, 0.717) is 18.3 Å². The Kier molecular flexibility index (Phi) is 6.48. The topological polar surface area (TPSA) is 45.2 Å². The van der Waals surface area contributed by atoms with Crippen LogP contribution in [0.4, 0.5) is 5.69 Å². The highest BCUT2D eigenvalue weighted by atomic mass is 16.1. The van der Waals surface area contributed by atoms with E-state index >= 15 is 0 Å². The minimum absolute atomic E-state index is 0.0614. The van der Waals surface area contributed by atoms with Crippen LogP contribution in [0.25, 0.3) is 0 Å². The van der Waals surface area contributed by atoms with Gasteiger partial charge >= 0.3 is 0 Å². The summed E-state index contributed by atoms with van der Waals surface area (Å²) < 4.78 is 0. The van der Waals surface area contributed by atoms with E-state index in [1.807, 2.05) is 12.3 Å². The Bertz CT molecular complexity index is 594. The van der Waals surface area contributed by atoms with Gasteiger partial charge in [0.15, 0.2) is 0 Å². The summed E-state index contributed by atoms with van der Waals surface area (Å²) >= 11 is 0. The molecule has 2 aliphatic rings. The van der Waals surface area contributed by atoms with Crippen LogP contribution in [0.15, 0.2) is 30.0 Å². The van der Waals surface area contributed by atoms with Crippen LogP contribution in [-0.2, 0) is 0 Å². The minimum atomic E-state index is -0.0614. The fourth-order valence-electron chi connectivity index (χ4n) is 4.01. The van der Waals surface area contributed by atoms with Gasteiger partial charge in [0.1, 0.15) is 5.69 Å². The molecule has 1 saturated heterocycles. The van der Waals surface area contributed by atoms with Gasteiger partial charge in [0.05, 0.1) is 11.9 Å². The number of anilines is 1. The van der Waals surface area contributed by atoms with Crippen molar-refractivity contribution >= 4 is 11.6 Å². The van der Waals surface area contributed by atoms with Crippen LogP contribution >= 0.6 is 0 Å². The number of pyridine rings is 1. The van der Waals surface area contributed by atoms with Gasteiger partial charge in [-0.1, -0.05) is 18.6 Å². The van der Waals surface area contributed by atoms with Crippen molar-refractivity contribution in [2.45, 2.75) is 70.8 Å². The minimum Gasteiger partial charge on any atom is -0.367 e. The highest BCUT2D eigenvalue weighted by molar-refractivity contribution is 5.92. The Morgan fingerprint density at radius 3 is 2.92 bits per heavy atom. The van der Waals surface area contributed by atoms with Crippen molar-refractivity contribution in [2.24, 2.45) is 0 Å². The number of hydrogen-bond acceptors (Lipinski definition) is 3. The summed E-state index contributed by atoms with van der Waals surface area (Å²) in [6.45, 7) is 4.05. The highest BCUT2D eigenvalue weighted by Crippen LogP contribution is 2.26. The summed E-state index contributed by atoms with van der Waals surface area (Å²) in [5, 5.41) is 3.01. The lowest BCUT2D eigenvalue weighted by molar-refractivity contribution is 0.0949. The maximum absolute atomic E-state index is 12.3. The van der Waals surface area contributed by atoms with Gasteiger partial charge in [0, 0.05) is 19.1 Å². The fraction of sp³-hybridized carbons (Fsp3) is 0.619. The molecular weight excluding hydrogens is 310 g/mol. The monoisotopic (exact) mass is 341 g/mol.